The first-order valence-electron chi connectivity index (χ1n) is 36.7. The van der Waals surface area contributed by atoms with Gasteiger partial charge < -0.3 is 87.3 Å². The number of carbonyl (C=O) groups excluding carboxylic acids is 6. The molecule has 4 saturated heterocycles. The number of benzene rings is 3. The Hall–Kier alpha value is -7.51. The van der Waals surface area contributed by atoms with Crippen molar-refractivity contribution in [3.05, 3.63) is 148 Å². The summed E-state index contributed by atoms with van der Waals surface area (Å²) in [7, 11) is 0. The molecular formula is C83H114O22. The maximum absolute atomic E-state index is 12.2. The number of rotatable bonds is 22. The van der Waals surface area contributed by atoms with E-state index in [-0.39, 0.29) is 128 Å². The number of aliphatic carboxylic acids is 1. The predicted molar refractivity (Wildman–Crippen MR) is 393 cm³/mol. The average Bonchev–Trinajstić information content (AvgIpc) is 1.65. The smallest absolute Gasteiger partial charge is 0.306 e. The first-order valence-corrected chi connectivity index (χ1v) is 36.7. The van der Waals surface area contributed by atoms with Crippen molar-refractivity contribution in [3.8, 4) is 17.2 Å². The molecule has 3 aromatic rings. The molecule has 105 heavy (non-hydrogen) atoms. The van der Waals surface area contributed by atoms with Crippen LogP contribution in [0.1, 0.15) is 185 Å². The van der Waals surface area contributed by atoms with Crippen LogP contribution in [0.4, 0.5) is 0 Å². The normalized spacial score (nSPS) is 28.2. The van der Waals surface area contributed by atoms with Crippen LogP contribution in [0.15, 0.2) is 131 Å². The van der Waals surface area contributed by atoms with Gasteiger partial charge in [0.25, 0.3) is 0 Å². The summed E-state index contributed by atoms with van der Waals surface area (Å²) in [4.78, 5) is 78.7. The zero-order chi connectivity index (χ0) is 77.6. The van der Waals surface area contributed by atoms with Crippen molar-refractivity contribution >= 4 is 42.0 Å². The Morgan fingerprint density at radius 1 is 0.457 bits per heavy atom. The van der Waals surface area contributed by atoms with Crippen LogP contribution in [-0.4, -0.2) is 159 Å². The van der Waals surface area contributed by atoms with Gasteiger partial charge in [0.2, 0.25) is 0 Å². The molecule has 0 unspecified atom stereocenters. The van der Waals surface area contributed by atoms with Gasteiger partial charge in [-0.05, 0) is 241 Å². The number of Topliss-reactive ketones (excluding diaryl/α,β-unsaturated/α-hetero) is 2. The van der Waals surface area contributed by atoms with Gasteiger partial charge in [-0.1, -0.05) is 66.8 Å². The van der Waals surface area contributed by atoms with Crippen LogP contribution in [0.2, 0.25) is 0 Å². The van der Waals surface area contributed by atoms with Crippen molar-refractivity contribution in [2.45, 2.75) is 259 Å². The van der Waals surface area contributed by atoms with Crippen LogP contribution in [0.5, 0.6) is 17.2 Å². The number of carboxylic acids is 1. The van der Waals surface area contributed by atoms with Crippen molar-refractivity contribution in [1.29, 1.82) is 0 Å². The lowest BCUT2D eigenvalue weighted by Crippen LogP contribution is -2.24. The molecule has 3 aromatic carbocycles. The third-order valence-electron chi connectivity index (χ3n) is 19.5. The number of aliphatic hydroxyl groups excluding tert-OH is 1. The average molecular weight is 1460 g/mol. The Kier molecular flexibility index (Phi) is 32.8. The van der Waals surface area contributed by atoms with Crippen molar-refractivity contribution in [3.63, 3.8) is 0 Å². The monoisotopic (exact) mass is 1460 g/mol. The van der Waals surface area contributed by atoms with E-state index in [0.29, 0.717) is 75.1 Å². The Labute approximate surface area is 619 Å². The molecule has 4 heterocycles. The van der Waals surface area contributed by atoms with Crippen LogP contribution in [0.25, 0.3) is 0 Å². The van der Waals surface area contributed by atoms with Crippen LogP contribution >= 0.6 is 0 Å². The van der Waals surface area contributed by atoms with E-state index >= 15 is 0 Å². The number of hydrogen-bond acceptors (Lipinski definition) is 21. The molecule has 0 bridgehead atoms. The third-order valence-corrected chi connectivity index (χ3v) is 19.5. The molecule has 578 valence electrons. The molecule has 4 saturated carbocycles. The van der Waals surface area contributed by atoms with E-state index in [2.05, 4.69) is 12.2 Å². The topological polar surface area (TPSA) is 313 Å². The molecule has 13 atom stereocenters. The molecule has 0 radical (unpaired) electrons. The van der Waals surface area contributed by atoms with Gasteiger partial charge in [0.15, 0.2) is 23.1 Å². The minimum atomic E-state index is -0.761. The first-order chi connectivity index (χ1) is 49.6. The number of aldehydes is 2. The number of hydrogen-bond donors (Lipinski definition) is 5. The highest BCUT2D eigenvalue weighted by Crippen LogP contribution is 2.49. The number of phenols is 3. The number of phenolic OH excluding ortho intramolecular Hbond substituents is 3. The van der Waals surface area contributed by atoms with Crippen LogP contribution in [0, 0.1) is 29.6 Å². The van der Waals surface area contributed by atoms with Crippen LogP contribution in [-0.2, 0) is 100 Å². The minimum Gasteiger partial charge on any atom is -0.508 e. The van der Waals surface area contributed by atoms with Crippen molar-refractivity contribution in [2.24, 2.45) is 29.6 Å². The van der Waals surface area contributed by atoms with Gasteiger partial charge in [0.1, 0.15) is 65.8 Å². The van der Waals surface area contributed by atoms with Crippen molar-refractivity contribution in [1.82, 2.24) is 0 Å². The summed E-state index contributed by atoms with van der Waals surface area (Å²) < 4.78 is 57.4. The molecule has 0 aromatic heterocycles. The van der Waals surface area contributed by atoms with E-state index in [1.165, 1.54) is 11.1 Å². The van der Waals surface area contributed by atoms with E-state index in [9.17, 15) is 43.8 Å². The standard InChI is InChI=1S/C20H26O5.C17H20O5.2C13H20O3.C12H18O4.C8H10O2/c1-4-16-14(11-17-19(16)25-20(2,3)24-17)12-18(22)23-10-9-13-5-7-15(21)8-6-13;1-2-14(12-19)15(7-9-18)11-17(21)22-10-8-13-3-5-16(20)6-4-13;2*1-5-10-9(6-8(2)14)7-11-12(10)16-13(3,4)15-11;1-4-8-7(6-10(13)14)5-9-11(8)16-12(2,3)15-9;9-6-5-7-1-3-8(10)4-2-7/h4-8,14,17,19,21H,9-12H2,1-3H3;2-6,9,12,15,20H,7-8,10-11H2,1H3;2*5,9,11-12H,6-7H2,1-4H3;4,7,9,11H,5-6H2,1-3H3,(H,13,14);1-4,9-10H,5-6H2/b16-4+;14-2-;2*10-5+;8-4+;/t14-,17+,19-;15-;2*9-,11-,12+;7-,9+,11-;/m00110./s1. The fraction of sp³-hybridized carbons (Fsp3) is 0.578. The predicted octanol–water partition coefficient (Wildman–Crippen LogP) is 13.4. The van der Waals surface area contributed by atoms with Crippen molar-refractivity contribution < 1.29 is 106 Å². The summed E-state index contributed by atoms with van der Waals surface area (Å²) in [5, 5.41) is 44.7. The van der Waals surface area contributed by atoms with Gasteiger partial charge >= 0.3 is 17.9 Å². The second-order valence-corrected chi connectivity index (χ2v) is 29.5. The van der Waals surface area contributed by atoms with Gasteiger partial charge in [-0.3, -0.25) is 19.2 Å². The molecule has 22 heteroatoms. The highest BCUT2D eigenvalue weighted by atomic mass is 16.8. The van der Waals surface area contributed by atoms with E-state index in [1.807, 2.05) is 107 Å². The number of ketones is 2. The molecule has 4 aliphatic heterocycles. The molecule has 0 spiro atoms. The first kappa shape index (κ1) is 86.4. The van der Waals surface area contributed by atoms with E-state index < -0.39 is 41.0 Å². The SMILES string of the molecule is C/C=C(/C=O)[C@@H](CC=O)CC(=O)OCCc1ccc(O)cc1.C/C=C1\[C@H](CC(=O)O)C[C@H]2OC(C)(C)O[C@@H]12.C/C=C1\[C@H](CC(=O)OCCc2ccc(O)cc2)C[C@H]2OC(C)(C)O[C@@H]12.C/C=C1\[C@H](CC(C)=O)C[C@H]2OC(C)(C)O[C@@H]12.C/C=C1\[C@H](CC(C)=O)C[C@H]2OC(C)(C)O[C@@H]12.OCCc1ccc(O)cc1. The molecular weight excluding hydrogens is 1350 g/mol. The summed E-state index contributed by atoms with van der Waals surface area (Å²) in [5.41, 5.74) is 8.15. The number of aliphatic hydroxyl groups is 1. The fourth-order valence-electron chi connectivity index (χ4n) is 15.1. The maximum atomic E-state index is 12.2. The van der Waals surface area contributed by atoms with E-state index in [1.54, 1.807) is 87.5 Å². The number of allylic oxidation sites excluding steroid dienone is 6. The maximum Gasteiger partial charge on any atom is 0.306 e. The number of carboxylic acid groups (broad SMARTS) is 1. The lowest BCUT2D eigenvalue weighted by atomic mass is 9.93. The number of fused-ring (bicyclic) bond motifs is 4. The number of aromatic hydroxyl groups is 3. The zero-order valence-electron chi connectivity index (χ0n) is 64.0. The lowest BCUT2D eigenvalue weighted by Gasteiger charge is -2.21. The lowest BCUT2D eigenvalue weighted by molar-refractivity contribution is -0.152. The molecule has 22 nitrogen and oxygen atoms in total. The van der Waals surface area contributed by atoms with E-state index in [4.69, 9.17) is 62.7 Å². The minimum absolute atomic E-state index is 0.00668. The Morgan fingerprint density at radius 3 is 1.04 bits per heavy atom. The number of esters is 2. The van der Waals surface area contributed by atoms with E-state index in [0.717, 1.165) is 53.5 Å². The van der Waals surface area contributed by atoms with Crippen LogP contribution in [0.3, 0.4) is 0 Å². The third kappa shape index (κ3) is 26.4. The Bertz CT molecular complexity index is 3360. The highest BCUT2D eigenvalue weighted by Gasteiger charge is 2.54. The molecule has 11 rings (SSSR count). The summed E-state index contributed by atoms with van der Waals surface area (Å²) >= 11 is 0. The van der Waals surface area contributed by atoms with Gasteiger partial charge in [0.05, 0.1) is 56.9 Å². The Balaban J connectivity index is 0.000000201. The summed E-state index contributed by atoms with van der Waals surface area (Å²) in [5.74, 6) is -1.91. The molecule has 4 aliphatic carbocycles. The summed E-state index contributed by atoms with van der Waals surface area (Å²) in [6.45, 7) is 29.0. The van der Waals surface area contributed by atoms with Crippen molar-refractivity contribution in [2.75, 3.05) is 19.8 Å². The summed E-state index contributed by atoms with van der Waals surface area (Å²) in [6, 6.07) is 20.4. The second kappa shape index (κ2) is 39.9. The zero-order valence-corrected chi connectivity index (χ0v) is 64.0. The molecule has 5 N–H and O–H groups in total. The largest absolute Gasteiger partial charge is 0.508 e. The quantitative estimate of drug-likeness (QED) is 0.0270. The Morgan fingerprint density at radius 2 is 0.762 bits per heavy atom. The van der Waals surface area contributed by atoms with Crippen LogP contribution < -0.4 is 0 Å². The van der Waals surface area contributed by atoms with Gasteiger partial charge in [0, 0.05) is 44.6 Å². The van der Waals surface area contributed by atoms with Gasteiger partial charge in [-0.15, -0.1) is 0 Å². The number of ether oxygens (including phenoxy) is 10. The molecule has 8 aliphatic rings. The summed E-state index contributed by atoms with van der Waals surface area (Å²) in [6.07, 6.45) is 18.5. The molecule has 0 amide bonds. The fourth-order valence-corrected chi connectivity index (χ4v) is 15.1. The van der Waals surface area contributed by atoms with Gasteiger partial charge in [-0.2, -0.15) is 0 Å². The van der Waals surface area contributed by atoms with Gasteiger partial charge in [-0.25, -0.2) is 0 Å². The highest BCUT2D eigenvalue weighted by molar-refractivity contribution is 5.79. The number of carbonyl (C=O) groups is 7. The molecule has 8 fully saturated rings. The second-order valence-electron chi connectivity index (χ2n) is 29.5.